The summed E-state index contributed by atoms with van der Waals surface area (Å²) in [6.45, 7) is 1.91. The number of nitrogens with two attached hydrogens (primary N) is 1. The first kappa shape index (κ1) is 17.4. The molecular formula is C17H18ClFN4O2. The Morgan fingerprint density at radius 2 is 2.12 bits per heavy atom. The van der Waals surface area contributed by atoms with Gasteiger partial charge in [-0.05, 0) is 30.9 Å². The van der Waals surface area contributed by atoms with Gasteiger partial charge in [-0.15, -0.1) is 0 Å². The number of hydrogen-bond acceptors (Lipinski definition) is 5. The maximum absolute atomic E-state index is 13.9. The summed E-state index contributed by atoms with van der Waals surface area (Å²) in [6, 6.07) is 4.50. The van der Waals surface area contributed by atoms with E-state index in [0.29, 0.717) is 37.2 Å². The molecule has 0 bridgehead atoms. The fraction of sp³-hybridized carbons (Fsp3) is 0.353. The number of rotatable bonds is 5. The van der Waals surface area contributed by atoms with Gasteiger partial charge >= 0.3 is 0 Å². The number of halogens is 2. The summed E-state index contributed by atoms with van der Waals surface area (Å²) in [7, 11) is 0. The molecule has 3 heterocycles. The second-order valence-electron chi connectivity index (χ2n) is 5.94. The minimum atomic E-state index is -0.587. The van der Waals surface area contributed by atoms with Crippen LogP contribution < -0.4 is 15.4 Å². The molecule has 0 saturated carbocycles. The summed E-state index contributed by atoms with van der Waals surface area (Å²) in [4.78, 5) is 21.0. The number of hydrogen-bond donors (Lipinski definition) is 1. The smallest absolute Gasteiger partial charge is 0.267 e. The van der Waals surface area contributed by atoms with Crippen LogP contribution in [-0.2, 0) is 0 Å². The van der Waals surface area contributed by atoms with E-state index in [0.717, 1.165) is 12.8 Å². The van der Waals surface area contributed by atoms with Crippen molar-refractivity contribution in [2.45, 2.75) is 12.8 Å². The number of carbonyl (C=O) groups is 1. The van der Waals surface area contributed by atoms with Gasteiger partial charge in [-0.1, -0.05) is 11.6 Å². The van der Waals surface area contributed by atoms with E-state index in [9.17, 15) is 9.18 Å². The molecule has 8 heteroatoms. The van der Waals surface area contributed by atoms with Crippen molar-refractivity contribution in [1.29, 1.82) is 0 Å². The first-order valence-corrected chi connectivity index (χ1v) is 8.35. The first-order chi connectivity index (χ1) is 12.0. The van der Waals surface area contributed by atoms with Gasteiger partial charge in [0, 0.05) is 31.5 Å². The summed E-state index contributed by atoms with van der Waals surface area (Å²) < 4.78 is 19.7. The van der Waals surface area contributed by atoms with Gasteiger partial charge in [-0.2, -0.15) is 0 Å². The van der Waals surface area contributed by atoms with Crippen molar-refractivity contribution in [3.63, 3.8) is 0 Å². The summed E-state index contributed by atoms with van der Waals surface area (Å²) in [6.07, 6.45) is 4.66. The van der Waals surface area contributed by atoms with Gasteiger partial charge in [-0.3, -0.25) is 9.78 Å². The van der Waals surface area contributed by atoms with Crippen LogP contribution in [0.5, 0.6) is 5.75 Å². The number of piperidine rings is 1. The normalized spacial score (nSPS) is 15.2. The Balaban J connectivity index is 1.53. The zero-order valence-electron chi connectivity index (χ0n) is 13.5. The van der Waals surface area contributed by atoms with E-state index in [1.54, 1.807) is 6.07 Å². The van der Waals surface area contributed by atoms with Gasteiger partial charge < -0.3 is 15.4 Å². The summed E-state index contributed by atoms with van der Waals surface area (Å²) in [5.74, 6) is 0.256. The maximum atomic E-state index is 13.9. The average Bonchev–Trinajstić information content (AvgIpc) is 2.61. The number of carbonyl (C=O) groups excluding carboxylic acids is 1. The lowest BCUT2D eigenvalue weighted by atomic mass is 9.98. The summed E-state index contributed by atoms with van der Waals surface area (Å²) in [5, 5.41) is 0.289. The monoisotopic (exact) mass is 364 g/mol. The molecule has 0 spiro atoms. The van der Waals surface area contributed by atoms with Crippen molar-refractivity contribution in [2.24, 2.45) is 11.7 Å². The summed E-state index contributed by atoms with van der Waals surface area (Å²) >= 11 is 5.74. The van der Waals surface area contributed by atoms with Gasteiger partial charge in [0.2, 0.25) is 0 Å². The Morgan fingerprint density at radius 3 is 2.80 bits per heavy atom. The zero-order valence-corrected chi connectivity index (χ0v) is 14.2. The van der Waals surface area contributed by atoms with Gasteiger partial charge in [0.15, 0.2) is 11.6 Å². The van der Waals surface area contributed by atoms with Crippen LogP contribution >= 0.6 is 11.6 Å². The second kappa shape index (κ2) is 7.65. The quantitative estimate of drug-likeness (QED) is 0.882. The Bertz CT molecular complexity index is 766. The van der Waals surface area contributed by atoms with Crippen LogP contribution in [0, 0.1) is 11.7 Å². The molecule has 2 N–H and O–H groups in total. The van der Waals surface area contributed by atoms with Crippen LogP contribution in [0.25, 0.3) is 0 Å². The predicted octanol–water partition coefficient (Wildman–Crippen LogP) is 2.66. The SMILES string of the molecule is NC(=O)c1cc(OCC2CCN(c3ncc(Cl)cc3F)CC2)ccn1. The number of nitrogens with zero attached hydrogens (tertiary/aromatic N) is 3. The van der Waals surface area contributed by atoms with Crippen LogP contribution in [0.2, 0.25) is 5.02 Å². The molecule has 1 aliphatic heterocycles. The van der Waals surface area contributed by atoms with Crippen molar-refractivity contribution in [2.75, 3.05) is 24.6 Å². The number of ether oxygens (including phenoxy) is 1. The lowest BCUT2D eigenvalue weighted by Crippen LogP contribution is -2.36. The molecule has 0 radical (unpaired) electrons. The molecule has 1 amide bonds. The van der Waals surface area contributed by atoms with E-state index in [2.05, 4.69) is 9.97 Å². The molecule has 0 aromatic carbocycles. The van der Waals surface area contributed by atoms with Crippen LogP contribution in [0.3, 0.4) is 0 Å². The highest BCUT2D eigenvalue weighted by Gasteiger charge is 2.23. The van der Waals surface area contributed by atoms with Gasteiger partial charge in [0.1, 0.15) is 11.4 Å². The third-order valence-electron chi connectivity index (χ3n) is 4.17. The van der Waals surface area contributed by atoms with Gasteiger partial charge in [0.25, 0.3) is 5.91 Å². The minimum absolute atomic E-state index is 0.177. The van der Waals surface area contributed by atoms with Crippen molar-refractivity contribution in [3.05, 3.63) is 47.1 Å². The number of anilines is 1. The van der Waals surface area contributed by atoms with Crippen LogP contribution in [-0.4, -0.2) is 35.6 Å². The second-order valence-corrected chi connectivity index (χ2v) is 6.38. The number of primary amides is 1. The Hall–Kier alpha value is -2.41. The Kier molecular flexibility index (Phi) is 5.33. The highest BCUT2D eigenvalue weighted by atomic mass is 35.5. The average molecular weight is 365 g/mol. The van der Waals surface area contributed by atoms with E-state index >= 15 is 0 Å². The van der Waals surface area contributed by atoms with E-state index in [-0.39, 0.29) is 10.7 Å². The molecule has 0 aliphatic carbocycles. The Labute approximate surface area is 149 Å². The topological polar surface area (TPSA) is 81.3 Å². The van der Waals surface area contributed by atoms with E-state index in [4.69, 9.17) is 22.1 Å². The van der Waals surface area contributed by atoms with Crippen LogP contribution in [0.1, 0.15) is 23.3 Å². The van der Waals surface area contributed by atoms with Crippen molar-refractivity contribution >= 4 is 23.3 Å². The summed E-state index contributed by atoms with van der Waals surface area (Å²) in [5.41, 5.74) is 5.38. The lowest BCUT2D eigenvalue weighted by Gasteiger charge is -2.32. The van der Waals surface area contributed by atoms with Gasteiger partial charge in [0.05, 0.1) is 11.6 Å². The minimum Gasteiger partial charge on any atom is -0.493 e. The van der Waals surface area contributed by atoms with E-state index in [1.807, 2.05) is 4.90 Å². The Morgan fingerprint density at radius 1 is 1.36 bits per heavy atom. The highest BCUT2D eigenvalue weighted by Crippen LogP contribution is 2.26. The molecule has 0 unspecified atom stereocenters. The van der Waals surface area contributed by atoms with Crippen molar-refractivity contribution in [3.8, 4) is 5.75 Å². The number of pyridine rings is 2. The van der Waals surface area contributed by atoms with E-state index < -0.39 is 11.7 Å². The van der Waals surface area contributed by atoms with Gasteiger partial charge in [-0.25, -0.2) is 9.37 Å². The molecule has 1 saturated heterocycles. The molecule has 132 valence electrons. The van der Waals surface area contributed by atoms with Crippen molar-refractivity contribution < 1.29 is 13.9 Å². The predicted molar refractivity (Wildman–Crippen MR) is 92.4 cm³/mol. The zero-order chi connectivity index (χ0) is 17.8. The molecule has 2 aromatic heterocycles. The highest BCUT2D eigenvalue weighted by molar-refractivity contribution is 6.30. The molecule has 1 fully saturated rings. The third-order valence-corrected chi connectivity index (χ3v) is 4.38. The first-order valence-electron chi connectivity index (χ1n) is 7.97. The molecule has 1 aliphatic rings. The fourth-order valence-electron chi connectivity index (χ4n) is 2.80. The van der Waals surface area contributed by atoms with Crippen molar-refractivity contribution in [1.82, 2.24) is 9.97 Å². The van der Waals surface area contributed by atoms with Crippen LogP contribution in [0.4, 0.5) is 10.2 Å². The molecule has 3 rings (SSSR count). The van der Waals surface area contributed by atoms with E-state index in [1.165, 1.54) is 24.5 Å². The maximum Gasteiger partial charge on any atom is 0.267 e. The molecule has 25 heavy (non-hydrogen) atoms. The molecule has 2 aromatic rings. The van der Waals surface area contributed by atoms with Crippen LogP contribution in [0.15, 0.2) is 30.6 Å². The molecule has 0 atom stereocenters. The number of amides is 1. The molecular weight excluding hydrogens is 347 g/mol. The number of aromatic nitrogens is 2. The largest absolute Gasteiger partial charge is 0.493 e. The fourth-order valence-corrected chi connectivity index (χ4v) is 2.95. The third kappa shape index (κ3) is 4.36. The molecule has 6 nitrogen and oxygen atoms in total. The lowest BCUT2D eigenvalue weighted by molar-refractivity contribution is 0.0995. The standard InChI is InChI=1S/C17H18ClFN4O2/c18-12-7-14(19)17(22-9-12)23-5-2-11(3-6-23)10-25-13-1-4-21-15(8-13)16(20)24/h1,4,7-9,11H,2-3,5-6,10H2,(H2,20,24).